The average molecular weight is 262 g/mol. The molecule has 0 bridgehead atoms. The molecule has 104 valence electrons. The summed E-state index contributed by atoms with van der Waals surface area (Å²) in [5, 5.41) is 0. The van der Waals surface area contributed by atoms with Crippen LogP contribution in [0.25, 0.3) is 0 Å². The Kier molecular flexibility index (Phi) is 3.95. The van der Waals surface area contributed by atoms with Gasteiger partial charge in [-0.15, -0.1) is 0 Å². The lowest BCUT2D eigenvalue weighted by Gasteiger charge is -2.26. The number of nitrogen functional groups attached to an aromatic ring is 2. The zero-order valence-electron chi connectivity index (χ0n) is 11.6. The van der Waals surface area contributed by atoms with Gasteiger partial charge in [-0.25, -0.2) is 0 Å². The number of hydrogen-bond acceptors (Lipinski definition) is 4. The Labute approximate surface area is 114 Å². The Morgan fingerprint density at radius 3 is 2.53 bits per heavy atom. The monoisotopic (exact) mass is 262 g/mol. The number of likely N-dealkylation sites (N-methyl/N-ethyl adjacent to an activating group) is 2. The van der Waals surface area contributed by atoms with E-state index in [2.05, 4.69) is 11.9 Å². The van der Waals surface area contributed by atoms with Crippen LogP contribution in [0.5, 0.6) is 0 Å². The normalized spacial score (nSPS) is 19.6. The number of likely N-dealkylation sites (tertiary alicyclic amines) is 1. The average Bonchev–Trinajstić information content (AvgIpc) is 2.72. The first-order valence-corrected chi connectivity index (χ1v) is 6.59. The zero-order chi connectivity index (χ0) is 14.0. The number of carbonyl (C=O) groups excluding carboxylic acids is 1. The van der Waals surface area contributed by atoms with E-state index in [9.17, 15) is 4.79 Å². The maximum absolute atomic E-state index is 12.3. The summed E-state index contributed by atoms with van der Waals surface area (Å²) in [6.45, 7) is 1.85. The molecule has 1 aromatic carbocycles. The minimum atomic E-state index is -0.0284. The fourth-order valence-electron chi connectivity index (χ4n) is 2.63. The van der Waals surface area contributed by atoms with E-state index in [0.717, 1.165) is 19.5 Å². The van der Waals surface area contributed by atoms with Crippen LogP contribution in [0.4, 0.5) is 11.4 Å². The van der Waals surface area contributed by atoms with Gasteiger partial charge in [0.2, 0.25) is 0 Å². The van der Waals surface area contributed by atoms with Crippen molar-refractivity contribution in [2.24, 2.45) is 0 Å². The van der Waals surface area contributed by atoms with Gasteiger partial charge in [0.05, 0.1) is 0 Å². The third kappa shape index (κ3) is 3.17. The summed E-state index contributed by atoms with van der Waals surface area (Å²) in [6.07, 6.45) is 2.35. The lowest BCUT2D eigenvalue weighted by Crippen LogP contribution is -2.39. The van der Waals surface area contributed by atoms with Crippen LogP contribution in [0.2, 0.25) is 0 Å². The van der Waals surface area contributed by atoms with Gasteiger partial charge in [-0.2, -0.15) is 0 Å². The van der Waals surface area contributed by atoms with Gasteiger partial charge >= 0.3 is 0 Å². The van der Waals surface area contributed by atoms with Crippen LogP contribution >= 0.6 is 0 Å². The number of rotatable bonds is 3. The number of nitrogens with two attached hydrogens (primary N) is 2. The second-order valence-electron chi connectivity index (χ2n) is 5.35. The maximum atomic E-state index is 12.3. The molecule has 0 spiro atoms. The van der Waals surface area contributed by atoms with Crippen molar-refractivity contribution in [1.82, 2.24) is 9.80 Å². The Hall–Kier alpha value is -1.75. The Balaban J connectivity index is 2.06. The quantitative estimate of drug-likeness (QED) is 0.797. The molecule has 2 rings (SSSR count). The van der Waals surface area contributed by atoms with Gasteiger partial charge in [-0.05, 0) is 44.6 Å². The predicted molar refractivity (Wildman–Crippen MR) is 77.9 cm³/mol. The summed E-state index contributed by atoms with van der Waals surface area (Å²) in [6, 6.07) is 5.45. The van der Waals surface area contributed by atoms with Gasteiger partial charge in [0.25, 0.3) is 5.91 Å². The van der Waals surface area contributed by atoms with Gasteiger partial charge in [-0.3, -0.25) is 4.79 Å². The van der Waals surface area contributed by atoms with Crippen LogP contribution in [-0.2, 0) is 0 Å². The number of anilines is 2. The highest BCUT2D eigenvalue weighted by Gasteiger charge is 2.24. The van der Waals surface area contributed by atoms with Crippen LogP contribution < -0.4 is 11.5 Å². The second kappa shape index (κ2) is 5.48. The molecule has 1 aliphatic heterocycles. The number of carbonyl (C=O) groups is 1. The topological polar surface area (TPSA) is 75.6 Å². The number of amides is 1. The van der Waals surface area contributed by atoms with Gasteiger partial charge in [0.15, 0.2) is 0 Å². The van der Waals surface area contributed by atoms with Crippen LogP contribution in [0.15, 0.2) is 18.2 Å². The zero-order valence-corrected chi connectivity index (χ0v) is 11.6. The first-order valence-electron chi connectivity index (χ1n) is 6.59. The van der Waals surface area contributed by atoms with Crippen molar-refractivity contribution in [3.05, 3.63) is 23.8 Å². The van der Waals surface area contributed by atoms with E-state index in [4.69, 9.17) is 11.5 Å². The molecule has 0 saturated carbocycles. The molecule has 4 N–H and O–H groups in total. The minimum absolute atomic E-state index is 0.0284. The van der Waals surface area contributed by atoms with E-state index in [0.29, 0.717) is 23.0 Å². The third-order valence-electron chi connectivity index (χ3n) is 3.73. The van der Waals surface area contributed by atoms with Crippen molar-refractivity contribution in [3.63, 3.8) is 0 Å². The molecule has 0 radical (unpaired) electrons. The first-order chi connectivity index (χ1) is 8.97. The molecule has 1 unspecified atom stereocenters. The molecule has 1 aliphatic rings. The molecule has 1 aromatic rings. The van der Waals surface area contributed by atoms with E-state index >= 15 is 0 Å². The fourth-order valence-corrected chi connectivity index (χ4v) is 2.63. The van der Waals surface area contributed by atoms with Crippen molar-refractivity contribution in [2.45, 2.75) is 18.9 Å². The maximum Gasteiger partial charge on any atom is 0.253 e. The Morgan fingerprint density at radius 2 is 2.00 bits per heavy atom. The Morgan fingerprint density at radius 1 is 1.37 bits per heavy atom. The van der Waals surface area contributed by atoms with E-state index in [1.54, 1.807) is 23.1 Å². The van der Waals surface area contributed by atoms with Crippen LogP contribution in [0.3, 0.4) is 0 Å². The molecular formula is C14H22N4O. The molecule has 1 saturated heterocycles. The van der Waals surface area contributed by atoms with Gasteiger partial charge < -0.3 is 21.3 Å². The van der Waals surface area contributed by atoms with Crippen molar-refractivity contribution in [2.75, 3.05) is 38.7 Å². The highest BCUT2D eigenvalue weighted by atomic mass is 16.2. The minimum Gasteiger partial charge on any atom is -0.399 e. The lowest BCUT2D eigenvalue weighted by molar-refractivity contribution is 0.0761. The number of hydrogen-bond donors (Lipinski definition) is 2. The van der Waals surface area contributed by atoms with E-state index in [1.807, 2.05) is 7.05 Å². The van der Waals surface area contributed by atoms with Gasteiger partial charge in [0, 0.05) is 36.6 Å². The van der Waals surface area contributed by atoms with E-state index in [1.165, 1.54) is 6.42 Å². The predicted octanol–water partition coefficient (Wildman–Crippen LogP) is 1.02. The molecule has 0 aliphatic carbocycles. The summed E-state index contributed by atoms with van der Waals surface area (Å²) in [5.74, 6) is -0.0284. The van der Waals surface area contributed by atoms with Crippen molar-refractivity contribution >= 4 is 17.3 Å². The van der Waals surface area contributed by atoms with Crippen LogP contribution in [0, 0.1) is 0 Å². The molecule has 1 fully saturated rings. The highest BCUT2D eigenvalue weighted by Crippen LogP contribution is 2.18. The molecule has 1 atom stereocenters. The molecule has 0 aromatic heterocycles. The molecule has 19 heavy (non-hydrogen) atoms. The van der Waals surface area contributed by atoms with Gasteiger partial charge in [0.1, 0.15) is 0 Å². The standard InChI is InChI=1S/C14H22N4O/c1-17-5-3-4-13(17)9-18(2)14(19)10-6-11(15)8-12(16)7-10/h6-8,13H,3-5,9,15-16H2,1-2H3. The molecule has 1 heterocycles. The smallest absolute Gasteiger partial charge is 0.253 e. The molecule has 5 nitrogen and oxygen atoms in total. The summed E-state index contributed by atoms with van der Waals surface area (Å²) in [4.78, 5) is 16.4. The first kappa shape index (κ1) is 13.7. The largest absolute Gasteiger partial charge is 0.399 e. The number of benzene rings is 1. The second-order valence-corrected chi connectivity index (χ2v) is 5.35. The number of nitrogens with zero attached hydrogens (tertiary/aromatic N) is 2. The summed E-state index contributed by atoms with van der Waals surface area (Å²) in [7, 11) is 3.93. The SMILES string of the molecule is CN(CC1CCCN1C)C(=O)c1cc(N)cc(N)c1. The van der Waals surface area contributed by atoms with Crippen LogP contribution in [0.1, 0.15) is 23.2 Å². The third-order valence-corrected chi connectivity index (χ3v) is 3.73. The van der Waals surface area contributed by atoms with E-state index in [-0.39, 0.29) is 5.91 Å². The molecular weight excluding hydrogens is 240 g/mol. The van der Waals surface area contributed by atoms with E-state index < -0.39 is 0 Å². The summed E-state index contributed by atoms with van der Waals surface area (Å²) >= 11 is 0. The van der Waals surface area contributed by atoms with Crippen molar-refractivity contribution in [3.8, 4) is 0 Å². The summed E-state index contributed by atoms with van der Waals surface area (Å²) in [5.41, 5.74) is 13.1. The Bertz CT molecular complexity index is 454. The van der Waals surface area contributed by atoms with Crippen LogP contribution in [-0.4, -0.2) is 48.9 Å². The fraction of sp³-hybridized carbons (Fsp3) is 0.500. The van der Waals surface area contributed by atoms with Crippen molar-refractivity contribution in [1.29, 1.82) is 0 Å². The molecule has 1 amide bonds. The lowest BCUT2D eigenvalue weighted by atomic mass is 10.1. The highest BCUT2D eigenvalue weighted by molar-refractivity contribution is 5.96. The van der Waals surface area contributed by atoms with Gasteiger partial charge in [-0.1, -0.05) is 0 Å². The van der Waals surface area contributed by atoms with Crippen molar-refractivity contribution < 1.29 is 4.79 Å². The molecule has 5 heteroatoms. The summed E-state index contributed by atoms with van der Waals surface area (Å²) < 4.78 is 0.